The summed E-state index contributed by atoms with van der Waals surface area (Å²) in [5.41, 5.74) is 0.990. The molecule has 0 aliphatic heterocycles. The van der Waals surface area contributed by atoms with Crippen LogP contribution < -0.4 is 0 Å². The van der Waals surface area contributed by atoms with Gasteiger partial charge in [-0.05, 0) is 13.3 Å². The highest BCUT2D eigenvalue weighted by Crippen LogP contribution is 2.22. The Balaban J connectivity index is 2.42. The second-order valence-electron chi connectivity index (χ2n) is 2.98. The summed E-state index contributed by atoms with van der Waals surface area (Å²) >= 11 is 3.53. The van der Waals surface area contributed by atoms with Crippen molar-refractivity contribution in [1.82, 2.24) is 15.0 Å². The third kappa shape index (κ3) is 3.38. The first-order chi connectivity index (χ1) is 6.77. The van der Waals surface area contributed by atoms with Crippen LogP contribution in [0.3, 0.4) is 0 Å². The first kappa shape index (κ1) is 11.7. The second-order valence-corrected chi connectivity index (χ2v) is 4.08. The van der Waals surface area contributed by atoms with Crippen molar-refractivity contribution in [3.05, 3.63) is 11.9 Å². The van der Waals surface area contributed by atoms with Crippen LogP contribution in [0.2, 0.25) is 0 Å². The van der Waals surface area contributed by atoms with Crippen molar-refractivity contribution >= 4 is 15.9 Å². The van der Waals surface area contributed by atoms with E-state index in [1.165, 1.54) is 0 Å². The largest absolute Gasteiger partial charge is 0.380 e. The number of hydrogen-bond acceptors (Lipinski definition) is 3. The highest BCUT2D eigenvalue weighted by Gasteiger charge is 2.08. The van der Waals surface area contributed by atoms with Gasteiger partial charge in [0.25, 0.3) is 0 Å². The van der Waals surface area contributed by atoms with E-state index in [1.54, 1.807) is 0 Å². The van der Waals surface area contributed by atoms with Crippen LogP contribution in [0.1, 0.15) is 30.8 Å². The fraction of sp³-hybridized carbons (Fsp3) is 0.778. The number of aromatic nitrogens is 3. The molecule has 0 aliphatic carbocycles. The highest BCUT2D eigenvalue weighted by atomic mass is 79.9. The summed E-state index contributed by atoms with van der Waals surface area (Å²) in [7, 11) is 0. The van der Waals surface area contributed by atoms with E-state index in [2.05, 4.69) is 33.2 Å². The van der Waals surface area contributed by atoms with Crippen LogP contribution in [0.5, 0.6) is 0 Å². The van der Waals surface area contributed by atoms with E-state index in [0.717, 1.165) is 25.3 Å². The maximum Gasteiger partial charge on any atom is 0.0963 e. The summed E-state index contributed by atoms with van der Waals surface area (Å²) in [6.07, 6.45) is 2.98. The molecule has 0 radical (unpaired) electrons. The summed E-state index contributed by atoms with van der Waals surface area (Å²) in [5, 5.41) is 8.09. The third-order valence-corrected chi connectivity index (χ3v) is 3.02. The maximum atomic E-state index is 5.23. The quantitative estimate of drug-likeness (QED) is 0.582. The van der Waals surface area contributed by atoms with Crippen molar-refractivity contribution in [2.45, 2.75) is 31.6 Å². The Morgan fingerprint density at radius 1 is 1.57 bits per heavy atom. The van der Waals surface area contributed by atoms with E-state index in [-0.39, 0.29) is 0 Å². The first-order valence-corrected chi connectivity index (χ1v) is 5.81. The number of halogens is 1. The fourth-order valence-corrected chi connectivity index (χ4v) is 1.29. The molecule has 1 atom stereocenters. The van der Waals surface area contributed by atoms with Crippen LogP contribution in [0.15, 0.2) is 6.20 Å². The Bertz CT molecular complexity index is 264. The molecule has 1 aromatic rings. The molecular weight excluding hydrogens is 246 g/mol. The Labute approximate surface area is 92.8 Å². The van der Waals surface area contributed by atoms with E-state index < -0.39 is 0 Å². The fourth-order valence-electron chi connectivity index (χ4n) is 1.08. The van der Waals surface area contributed by atoms with Gasteiger partial charge in [0.15, 0.2) is 0 Å². The molecule has 0 fully saturated rings. The molecule has 0 aliphatic rings. The molecule has 4 nitrogen and oxygen atoms in total. The minimum absolute atomic E-state index is 0.309. The topological polar surface area (TPSA) is 39.9 Å². The molecule has 14 heavy (non-hydrogen) atoms. The Morgan fingerprint density at radius 3 is 3.00 bits per heavy atom. The van der Waals surface area contributed by atoms with E-state index in [4.69, 9.17) is 4.74 Å². The van der Waals surface area contributed by atoms with Crippen LogP contribution in [0.25, 0.3) is 0 Å². The predicted octanol–water partition coefficient (Wildman–Crippen LogP) is 2.16. The average Bonchev–Trinajstić information content (AvgIpc) is 2.66. The van der Waals surface area contributed by atoms with Crippen molar-refractivity contribution < 1.29 is 4.74 Å². The molecule has 0 saturated carbocycles. The lowest BCUT2D eigenvalue weighted by molar-refractivity contribution is 0.136. The third-order valence-electron chi connectivity index (χ3n) is 1.90. The summed E-state index contributed by atoms with van der Waals surface area (Å²) in [6, 6.07) is 0. The Kier molecular flexibility index (Phi) is 5.11. The molecule has 0 bridgehead atoms. The van der Waals surface area contributed by atoms with Crippen LogP contribution >= 0.6 is 15.9 Å². The van der Waals surface area contributed by atoms with Gasteiger partial charge in [-0.15, -0.1) is 5.10 Å². The van der Waals surface area contributed by atoms with Gasteiger partial charge in [0.1, 0.15) is 0 Å². The van der Waals surface area contributed by atoms with E-state index in [0.29, 0.717) is 11.4 Å². The SMILES string of the molecule is CCOCCn1cc(C(Br)CC)nn1. The standard InChI is InChI=1S/C9H16BrN3O/c1-3-8(10)9-7-13(12-11-9)5-6-14-4-2/h7-8H,3-6H2,1-2H3. The van der Waals surface area contributed by atoms with Crippen molar-refractivity contribution in [3.63, 3.8) is 0 Å². The molecule has 0 saturated heterocycles. The smallest absolute Gasteiger partial charge is 0.0963 e. The lowest BCUT2D eigenvalue weighted by Crippen LogP contribution is -2.06. The minimum Gasteiger partial charge on any atom is -0.380 e. The molecular formula is C9H16BrN3O. The molecule has 1 rings (SSSR count). The van der Waals surface area contributed by atoms with Gasteiger partial charge in [-0.25, -0.2) is 4.68 Å². The molecule has 0 spiro atoms. The number of rotatable bonds is 6. The van der Waals surface area contributed by atoms with Gasteiger partial charge in [-0.3, -0.25) is 0 Å². The van der Waals surface area contributed by atoms with Crippen LogP contribution in [-0.2, 0) is 11.3 Å². The van der Waals surface area contributed by atoms with Gasteiger partial charge < -0.3 is 4.74 Å². The van der Waals surface area contributed by atoms with Crippen molar-refractivity contribution in [2.75, 3.05) is 13.2 Å². The molecule has 0 N–H and O–H groups in total. The van der Waals surface area contributed by atoms with Gasteiger partial charge in [-0.1, -0.05) is 28.1 Å². The number of hydrogen-bond donors (Lipinski definition) is 0. The minimum atomic E-state index is 0.309. The zero-order valence-electron chi connectivity index (χ0n) is 8.61. The van der Waals surface area contributed by atoms with Crippen molar-refractivity contribution in [1.29, 1.82) is 0 Å². The molecule has 0 aromatic carbocycles. The van der Waals surface area contributed by atoms with E-state index in [1.807, 2.05) is 17.8 Å². The zero-order chi connectivity index (χ0) is 10.4. The van der Waals surface area contributed by atoms with E-state index >= 15 is 0 Å². The maximum absolute atomic E-state index is 5.23. The van der Waals surface area contributed by atoms with Gasteiger partial charge >= 0.3 is 0 Å². The van der Waals surface area contributed by atoms with Gasteiger partial charge in [0, 0.05) is 12.8 Å². The molecule has 1 unspecified atom stereocenters. The van der Waals surface area contributed by atoms with Crippen LogP contribution in [0, 0.1) is 0 Å². The van der Waals surface area contributed by atoms with Crippen LogP contribution in [0.4, 0.5) is 0 Å². The molecule has 1 aromatic heterocycles. The summed E-state index contributed by atoms with van der Waals surface area (Å²) < 4.78 is 7.05. The molecule has 80 valence electrons. The van der Waals surface area contributed by atoms with E-state index in [9.17, 15) is 0 Å². The van der Waals surface area contributed by atoms with Gasteiger partial charge in [0.05, 0.1) is 23.7 Å². The second kappa shape index (κ2) is 6.14. The van der Waals surface area contributed by atoms with Crippen LogP contribution in [-0.4, -0.2) is 28.2 Å². The first-order valence-electron chi connectivity index (χ1n) is 4.89. The van der Waals surface area contributed by atoms with Crippen molar-refractivity contribution in [2.24, 2.45) is 0 Å². The summed E-state index contributed by atoms with van der Waals surface area (Å²) in [4.78, 5) is 0.309. The number of alkyl halides is 1. The molecule has 5 heteroatoms. The Hall–Kier alpha value is -0.420. The monoisotopic (exact) mass is 261 g/mol. The molecule has 1 heterocycles. The lowest BCUT2D eigenvalue weighted by Gasteiger charge is -2.00. The lowest BCUT2D eigenvalue weighted by atomic mass is 10.3. The molecule has 0 amide bonds. The van der Waals surface area contributed by atoms with Gasteiger partial charge in [0.2, 0.25) is 0 Å². The Morgan fingerprint density at radius 2 is 2.36 bits per heavy atom. The summed E-state index contributed by atoms with van der Waals surface area (Å²) in [5.74, 6) is 0. The number of ether oxygens (including phenoxy) is 1. The summed E-state index contributed by atoms with van der Waals surface area (Å²) in [6.45, 7) is 6.30. The predicted molar refractivity (Wildman–Crippen MR) is 58.5 cm³/mol. The highest BCUT2D eigenvalue weighted by molar-refractivity contribution is 9.09. The normalized spacial score (nSPS) is 13.1. The van der Waals surface area contributed by atoms with Gasteiger partial charge in [-0.2, -0.15) is 0 Å². The zero-order valence-corrected chi connectivity index (χ0v) is 10.2. The average molecular weight is 262 g/mol. The number of nitrogens with zero attached hydrogens (tertiary/aromatic N) is 3. The van der Waals surface area contributed by atoms with Crippen molar-refractivity contribution in [3.8, 4) is 0 Å².